The van der Waals surface area contributed by atoms with E-state index in [0.29, 0.717) is 18.3 Å². The summed E-state index contributed by atoms with van der Waals surface area (Å²) >= 11 is 0. The van der Waals surface area contributed by atoms with Crippen LogP contribution in [-0.4, -0.2) is 22.4 Å². The van der Waals surface area contributed by atoms with Crippen LogP contribution in [0.5, 0.6) is 0 Å². The molecule has 1 aliphatic rings. The molecule has 4 rings (SSSR count). The maximum atomic E-state index is 11.8. The first kappa shape index (κ1) is 16.8. The van der Waals surface area contributed by atoms with Gasteiger partial charge in [0.2, 0.25) is 5.91 Å². The molecule has 1 fully saturated rings. The molecular weight excluding hydrogens is 322 g/mol. The lowest BCUT2D eigenvalue weighted by atomic mass is 9.88. The molecule has 1 atom stereocenters. The van der Waals surface area contributed by atoms with Gasteiger partial charge in [0.25, 0.3) is 0 Å². The maximum absolute atomic E-state index is 11.8. The number of nitrogens with zero attached hydrogens (tertiary/aromatic N) is 1. The van der Waals surface area contributed by atoms with Crippen LogP contribution < -0.4 is 5.32 Å². The molecule has 1 aliphatic heterocycles. The SMILES string of the molecule is Cc1cc(-c2[nH]c3ccc(C4CCNC(=O)C4)cc3c2C(C)C)ccn1. The van der Waals surface area contributed by atoms with Gasteiger partial charge < -0.3 is 10.3 Å². The first-order valence-corrected chi connectivity index (χ1v) is 9.38. The van der Waals surface area contributed by atoms with Crippen molar-refractivity contribution in [1.82, 2.24) is 15.3 Å². The molecule has 3 heterocycles. The monoisotopic (exact) mass is 347 g/mol. The standard InChI is InChI=1S/C22H25N3O/c1-13(2)21-18-11-15(16-6-9-24-20(26)12-16)4-5-19(18)25-22(21)17-7-8-23-14(3)10-17/h4-5,7-8,10-11,13,16,25H,6,9,12H2,1-3H3,(H,24,26). The highest BCUT2D eigenvalue weighted by Gasteiger charge is 2.22. The molecular formula is C22H25N3O. The van der Waals surface area contributed by atoms with Crippen LogP contribution in [0.15, 0.2) is 36.5 Å². The van der Waals surface area contributed by atoms with E-state index in [1.165, 1.54) is 27.8 Å². The highest BCUT2D eigenvalue weighted by atomic mass is 16.1. The highest BCUT2D eigenvalue weighted by molar-refractivity contribution is 5.92. The molecule has 4 nitrogen and oxygen atoms in total. The summed E-state index contributed by atoms with van der Waals surface area (Å²) in [5.74, 6) is 0.874. The van der Waals surface area contributed by atoms with E-state index in [-0.39, 0.29) is 5.91 Å². The van der Waals surface area contributed by atoms with E-state index in [9.17, 15) is 4.79 Å². The Morgan fingerprint density at radius 3 is 2.77 bits per heavy atom. The van der Waals surface area contributed by atoms with Crippen LogP contribution in [0.25, 0.3) is 22.2 Å². The van der Waals surface area contributed by atoms with Crippen molar-refractivity contribution < 1.29 is 4.79 Å². The zero-order valence-electron chi connectivity index (χ0n) is 15.6. The van der Waals surface area contributed by atoms with Gasteiger partial charge in [-0.05, 0) is 60.6 Å². The Morgan fingerprint density at radius 2 is 2.04 bits per heavy atom. The minimum Gasteiger partial charge on any atom is -0.356 e. The van der Waals surface area contributed by atoms with Crippen molar-refractivity contribution in [1.29, 1.82) is 0 Å². The Morgan fingerprint density at radius 1 is 1.19 bits per heavy atom. The number of pyridine rings is 1. The molecule has 4 heteroatoms. The fourth-order valence-electron chi connectivity index (χ4n) is 4.08. The molecule has 26 heavy (non-hydrogen) atoms. The van der Waals surface area contributed by atoms with Gasteiger partial charge in [-0.25, -0.2) is 0 Å². The number of rotatable bonds is 3. The van der Waals surface area contributed by atoms with Crippen molar-refractivity contribution in [3.63, 3.8) is 0 Å². The van der Waals surface area contributed by atoms with Crippen molar-refractivity contribution in [2.45, 2.75) is 45.4 Å². The molecule has 0 radical (unpaired) electrons. The van der Waals surface area contributed by atoms with Gasteiger partial charge in [0, 0.05) is 41.3 Å². The zero-order chi connectivity index (χ0) is 18.3. The third kappa shape index (κ3) is 3.00. The number of carbonyl (C=O) groups excluding carboxylic acids is 1. The quantitative estimate of drug-likeness (QED) is 0.724. The third-order valence-electron chi connectivity index (χ3n) is 5.34. The van der Waals surface area contributed by atoms with Crippen molar-refractivity contribution in [2.24, 2.45) is 0 Å². The van der Waals surface area contributed by atoms with Gasteiger partial charge in [-0.1, -0.05) is 19.9 Å². The van der Waals surface area contributed by atoms with E-state index in [4.69, 9.17) is 0 Å². The number of piperidine rings is 1. The first-order chi connectivity index (χ1) is 12.5. The molecule has 134 valence electrons. The van der Waals surface area contributed by atoms with E-state index < -0.39 is 0 Å². The average Bonchev–Trinajstić information content (AvgIpc) is 3.00. The number of nitrogens with one attached hydrogen (secondary N) is 2. The Kier molecular flexibility index (Phi) is 4.27. The molecule has 2 N–H and O–H groups in total. The molecule has 1 amide bonds. The molecule has 0 bridgehead atoms. The molecule has 1 unspecified atom stereocenters. The van der Waals surface area contributed by atoms with Crippen molar-refractivity contribution in [2.75, 3.05) is 6.54 Å². The van der Waals surface area contributed by atoms with Crippen LogP contribution >= 0.6 is 0 Å². The van der Waals surface area contributed by atoms with Crippen molar-refractivity contribution in [3.05, 3.63) is 53.3 Å². The summed E-state index contributed by atoms with van der Waals surface area (Å²) < 4.78 is 0. The van der Waals surface area contributed by atoms with Crippen molar-refractivity contribution >= 4 is 16.8 Å². The third-order valence-corrected chi connectivity index (χ3v) is 5.34. The minimum absolute atomic E-state index is 0.160. The molecule has 0 aliphatic carbocycles. The lowest BCUT2D eigenvalue weighted by Crippen LogP contribution is -2.32. The van der Waals surface area contributed by atoms with E-state index in [2.05, 4.69) is 59.5 Å². The predicted octanol–water partition coefficient (Wildman–Crippen LogP) is 4.66. The van der Waals surface area contributed by atoms with Crippen LogP contribution in [-0.2, 0) is 4.79 Å². The van der Waals surface area contributed by atoms with Gasteiger partial charge in [0.05, 0.1) is 5.69 Å². The Bertz CT molecular complexity index is 971. The van der Waals surface area contributed by atoms with Gasteiger partial charge in [-0.2, -0.15) is 0 Å². The second-order valence-corrected chi connectivity index (χ2v) is 7.60. The highest BCUT2D eigenvalue weighted by Crippen LogP contribution is 2.37. The lowest BCUT2D eigenvalue weighted by Gasteiger charge is -2.22. The number of fused-ring (bicyclic) bond motifs is 1. The van der Waals surface area contributed by atoms with E-state index in [1.807, 2.05) is 13.1 Å². The number of aryl methyl sites for hydroxylation is 1. The van der Waals surface area contributed by atoms with Crippen LogP contribution in [0.2, 0.25) is 0 Å². The van der Waals surface area contributed by atoms with Crippen LogP contribution in [0.4, 0.5) is 0 Å². The lowest BCUT2D eigenvalue weighted by molar-refractivity contribution is -0.122. The normalized spacial score (nSPS) is 17.7. The fraction of sp³-hybridized carbons (Fsp3) is 0.364. The largest absolute Gasteiger partial charge is 0.356 e. The number of hydrogen-bond acceptors (Lipinski definition) is 2. The van der Waals surface area contributed by atoms with Crippen LogP contribution in [0, 0.1) is 6.92 Å². The Labute approximate surface area is 154 Å². The average molecular weight is 347 g/mol. The fourth-order valence-corrected chi connectivity index (χ4v) is 4.08. The van der Waals surface area contributed by atoms with Crippen molar-refractivity contribution in [3.8, 4) is 11.3 Å². The number of aromatic nitrogens is 2. The summed E-state index contributed by atoms with van der Waals surface area (Å²) in [6, 6.07) is 10.8. The van der Waals surface area contributed by atoms with Gasteiger partial charge in [0.15, 0.2) is 0 Å². The number of aromatic amines is 1. The summed E-state index contributed by atoms with van der Waals surface area (Å²) in [7, 11) is 0. The smallest absolute Gasteiger partial charge is 0.220 e. The second-order valence-electron chi connectivity index (χ2n) is 7.60. The second kappa shape index (κ2) is 6.60. The summed E-state index contributed by atoms with van der Waals surface area (Å²) in [6.45, 7) is 7.27. The molecule has 0 saturated carbocycles. The van der Waals surface area contributed by atoms with Crippen LogP contribution in [0.1, 0.15) is 55.3 Å². The molecule has 3 aromatic rings. The maximum Gasteiger partial charge on any atom is 0.220 e. The molecule has 1 saturated heterocycles. The van der Waals surface area contributed by atoms with Gasteiger partial charge >= 0.3 is 0 Å². The number of hydrogen-bond donors (Lipinski definition) is 2. The summed E-state index contributed by atoms with van der Waals surface area (Å²) in [6.07, 6.45) is 3.46. The topological polar surface area (TPSA) is 57.8 Å². The molecule has 0 spiro atoms. The van der Waals surface area contributed by atoms with Gasteiger partial charge in [0.1, 0.15) is 0 Å². The Balaban J connectivity index is 1.85. The number of H-pyrrole nitrogens is 1. The summed E-state index contributed by atoms with van der Waals surface area (Å²) in [4.78, 5) is 19.7. The van der Waals surface area contributed by atoms with E-state index in [0.717, 1.165) is 24.2 Å². The minimum atomic E-state index is 0.160. The van der Waals surface area contributed by atoms with Gasteiger partial charge in [-0.3, -0.25) is 9.78 Å². The molecule has 1 aromatic carbocycles. The van der Waals surface area contributed by atoms with E-state index >= 15 is 0 Å². The van der Waals surface area contributed by atoms with E-state index in [1.54, 1.807) is 0 Å². The summed E-state index contributed by atoms with van der Waals surface area (Å²) in [5.41, 5.74) is 7.14. The van der Waals surface area contributed by atoms with Gasteiger partial charge in [-0.15, -0.1) is 0 Å². The predicted molar refractivity (Wildman–Crippen MR) is 105 cm³/mol. The first-order valence-electron chi connectivity index (χ1n) is 9.38. The Hall–Kier alpha value is -2.62. The van der Waals surface area contributed by atoms with Crippen LogP contribution in [0.3, 0.4) is 0 Å². The number of benzene rings is 1. The zero-order valence-corrected chi connectivity index (χ0v) is 15.6. The number of amides is 1. The summed E-state index contributed by atoms with van der Waals surface area (Å²) in [5, 5.41) is 4.20. The number of carbonyl (C=O) groups is 1. The molecule has 2 aromatic heterocycles.